The molecule has 2 rings (SSSR count). The van der Waals surface area contributed by atoms with Gasteiger partial charge in [-0.05, 0) is 17.5 Å². The quantitative estimate of drug-likeness (QED) is 0.754. The van der Waals surface area contributed by atoms with Gasteiger partial charge in [0.1, 0.15) is 0 Å². The Bertz CT molecular complexity index is 779. The predicted octanol–water partition coefficient (Wildman–Crippen LogP) is 3.41. The van der Waals surface area contributed by atoms with Crippen molar-refractivity contribution in [3.8, 4) is 0 Å². The molecule has 0 aliphatic rings. The number of benzene rings is 2. The number of hydrogen-bond donors (Lipinski definition) is 1. The third-order valence-electron chi connectivity index (χ3n) is 4.25. The van der Waals surface area contributed by atoms with Crippen LogP contribution in [0.5, 0.6) is 0 Å². The van der Waals surface area contributed by atoms with Crippen LogP contribution >= 0.6 is 11.8 Å². The molecular formula is C21H23NO4S. The topological polar surface area (TPSA) is 74.7 Å². The van der Waals surface area contributed by atoms with Crippen molar-refractivity contribution in [1.29, 1.82) is 0 Å². The van der Waals surface area contributed by atoms with E-state index in [4.69, 9.17) is 0 Å². The van der Waals surface area contributed by atoms with Crippen LogP contribution in [0.3, 0.4) is 0 Å². The zero-order chi connectivity index (χ0) is 19.8. The SMILES string of the molecule is CC(=O)SCC(Cc1ccccc1)C(=O)N(C)C(C(=O)O)c1ccccc1. The lowest BCUT2D eigenvalue weighted by Gasteiger charge is -2.29. The van der Waals surface area contributed by atoms with Gasteiger partial charge in [0.2, 0.25) is 5.91 Å². The molecule has 142 valence electrons. The molecular weight excluding hydrogens is 362 g/mol. The molecule has 0 radical (unpaired) electrons. The fourth-order valence-electron chi connectivity index (χ4n) is 2.92. The van der Waals surface area contributed by atoms with Crippen LogP contribution in [0.15, 0.2) is 60.7 Å². The highest BCUT2D eigenvalue weighted by Gasteiger charge is 2.32. The van der Waals surface area contributed by atoms with E-state index in [9.17, 15) is 19.5 Å². The van der Waals surface area contributed by atoms with Crippen molar-refractivity contribution >= 4 is 28.8 Å². The molecule has 2 aromatic carbocycles. The average molecular weight is 385 g/mol. The monoisotopic (exact) mass is 385 g/mol. The van der Waals surface area contributed by atoms with Gasteiger partial charge < -0.3 is 10.0 Å². The second kappa shape index (κ2) is 9.92. The summed E-state index contributed by atoms with van der Waals surface area (Å²) in [5.41, 5.74) is 1.51. The van der Waals surface area contributed by atoms with Gasteiger partial charge in [0.25, 0.3) is 0 Å². The van der Waals surface area contributed by atoms with Crippen molar-refractivity contribution in [2.45, 2.75) is 19.4 Å². The van der Waals surface area contributed by atoms with E-state index in [1.54, 1.807) is 30.3 Å². The number of likely N-dealkylation sites (N-methyl/N-ethyl adjacent to an activating group) is 1. The lowest BCUT2D eigenvalue weighted by Crippen LogP contribution is -2.41. The molecule has 0 aliphatic heterocycles. The van der Waals surface area contributed by atoms with Gasteiger partial charge in [-0.25, -0.2) is 4.79 Å². The lowest BCUT2D eigenvalue weighted by molar-refractivity contribution is -0.150. The highest BCUT2D eigenvalue weighted by atomic mass is 32.2. The number of aliphatic carboxylic acids is 1. The van der Waals surface area contributed by atoms with Gasteiger partial charge in [0.05, 0.1) is 5.92 Å². The average Bonchev–Trinajstić information content (AvgIpc) is 2.66. The van der Waals surface area contributed by atoms with E-state index < -0.39 is 17.9 Å². The minimum Gasteiger partial charge on any atom is -0.479 e. The summed E-state index contributed by atoms with van der Waals surface area (Å²) in [4.78, 5) is 37.6. The summed E-state index contributed by atoms with van der Waals surface area (Å²) in [6.07, 6.45) is 0.450. The number of hydrogen-bond acceptors (Lipinski definition) is 4. The molecule has 0 bridgehead atoms. The van der Waals surface area contributed by atoms with Gasteiger partial charge in [-0.1, -0.05) is 72.4 Å². The third kappa shape index (κ3) is 5.96. The van der Waals surface area contributed by atoms with Gasteiger partial charge >= 0.3 is 5.97 Å². The van der Waals surface area contributed by atoms with Crippen LogP contribution in [0.2, 0.25) is 0 Å². The first-order chi connectivity index (χ1) is 12.9. The maximum Gasteiger partial charge on any atom is 0.331 e. The Morgan fingerprint density at radius 3 is 2.07 bits per heavy atom. The van der Waals surface area contributed by atoms with Gasteiger partial charge in [0.15, 0.2) is 11.2 Å². The highest BCUT2D eigenvalue weighted by Crippen LogP contribution is 2.24. The summed E-state index contributed by atoms with van der Waals surface area (Å²) in [6, 6.07) is 17.1. The lowest BCUT2D eigenvalue weighted by atomic mass is 9.98. The summed E-state index contributed by atoms with van der Waals surface area (Å²) in [6.45, 7) is 1.46. The Balaban J connectivity index is 2.25. The minimum absolute atomic E-state index is 0.0682. The molecule has 6 heteroatoms. The van der Waals surface area contributed by atoms with Crippen LogP contribution in [-0.4, -0.2) is 39.8 Å². The predicted molar refractivity (Wildman–Crippen MR) is 106 cm³/mol. The number of rotatable bonds is 8. The van der Waals surface area contributed by atoms with E-state index in [0.29, 0.717) is 17.7 Å². The molecule has 2 atom stereocenters. The van der Waals surface area contributed by atoms with E-state index in [0.717, 1.165) is 17.3 Å². The Morgan fingerprint density at radius 1 is 1.00 bits per heavy atom. The highest BCUT2D eigenvalue weighted by molar-refractivity contribution is 8.13. The molecule has 0 spiro atoms. The molecule has 2 unspecified atom stereocenters. The van der Waals surface area contributed by atoms with Crippen molar-refractivity contribution in [3.63, 3.8) is 0 Å². The Kier molecular flexibility index (Phi) is 7.61. The second-order valence-electron chi connectivity index (χ2n) is 6.29. The maximum absolute atomic E-state index is 13.1. The van der Waals surface area contributed by atoms with E-state index in [2.05, 4.69) is 0 Å². The molecule has 0 aliphatic carbocycles. The largest absolute Gasteiger partial charge is 0.479 e. The molecule has 0 saturated heterocycles. The summed E-state index contributed by atoms with van der Waals surface area (Å²) < 4.78 is 0. The molecule has 0 saturated carbocycles. The van der Waals surface area contributed by atoms with Crippen LogP contribution in [-0.2, 0) is 20.8 Å². The molecule has 1 N–H and O–H groups in total. The van der Waals surface area contributed by atoms with Crippen LogP contribution in [0.25, 0.3) is 0 Å². The number of amides is 1. The Hall–Kier alpha value is -2.60. The van der Waals surface area contributed by atoms with E-state index in [-0.39, 0.29) is 11.0 Å². The van der Waals surface area contributed by atoms with Crippen molar-refractivity contribution in [1.82, 2.24) is 4.90 Å². The van der Waals surface area contributed by atoms with Crippen LogP contribution in [0, 0.1) is 5.92 Å². The molecule has 5 nitrogen and oxygen atoms in total. The Morgan fingerprint density at radius 2 is 1.56 bits per heavy atom. The second-order valence-corrected chi connectivity index (χ2v) is 7.49. The van der Waals surface area contributed by atoms with Crippen molar-refractivity contribution in [2.24, 2.45) is 5.92 Å². The molecule has 2 aromatic rings. The number of carboxylic acids is 1. The molecule has 1 amide bonds. The fourth-order valence-corrected chi connectivity index (χ4v) is 3.61. The zero-order valence-electron chi connectivity index (χ0n) is 15.4. The summed E-state index contributed by atoms with van der Waals surface area (Å²) in [5, 5.41) is 9.61. The Labute approximate surface area is 163 Å². The van der Waals surface area contributed by atoms with Crippen LogP contribution < -0.4 is 0 Å². The minimum atomic E-state index is -1.09. The normalized spacial score (nSPS) is 12.8. The first kappa shape index (κ1) is 20.7. The van der Waals surface area contributed by atoms with E-state index in [1.165, 1.54) is 18.9 Å². The number of thioether (sulfide) groups is 1. The van der Waals surface area contributed by atoms with Crippen molar-refractivity contribution in [3.05, 3.63) is 71.8 Å². The third-order valence-corrected chi connectivity index (χ3v) is 5.22. The molecule has 27 heavy (non-hydrogen) atoms. The van der Waals surface area contributed by atoms with Crippen LogP contribution in [0.4, 0.5) is 0 Å². The molecule has 0 aromatic heterocycles. The van der Waals surface area contributed by atoms with Gasteiger partial charge in [-0.3, -0.25) is 9.59 Å². The van der Waals surface area contributed by atoms with E-state index >= 15 is 0 Å². The number of nitrogens with zero attached hydrogens (tertiary/aromatic N) is 1. The van der Waals surface area contributed by atoms with Crippen LogP contribution in [0.1, 0.15) is 24.1 Å². The summed E-state index contributed by atoms with van der Waals surface area (Å²) in [7, 11) is 1.50. The van der Waals surface area contributed by atoms with Crippen molar-refractivity contribution < 1.29 is 19.5 Å². The first-order valence-electron chi connectivity index (χ1n) is 8.62. The summed E-state index contributed by atoms with van der Waals surface area (Å²) >= 11 is 1.09. The number of carbonyl (C=O) groups excluding carboxylic acids is 2. The molecule has 0 heterocycles. The molecule has 0 fully saturated rings. The number of carboxylic acid groups (broad SMARTS) is 1. The van der Waals surface area contributed by atoms with Gasteiger partial charge in [-0.15, -0.1) is 0 Å². The van der Waals surface area contributed by atoms with Crippen molar-refractivity contribution in [2.75, 3.05) is 12.8 Å². The standard InChI is InChI=1S/C21H23NO4S/c1-15(23)27-14-18(13-16-9-5-3-6-10-16)20(24)22(2)19(21(25)26)17-11-7-4-8-12-17/h3-12,18-19H,13-14H2,1-2H3,(H,25,26). The first-order valence-corrected chi connectivity index (χ1v) is 9.60. The maximum atomic E-state index is 13.1. The van der Waals surface area contributed by atoms with E-state index in [1.807, 2.05) is 30.3 Å². The zero-order valence-corrected chi connectivity index (χ0v) is 16.2. The van der Waals surface area contributed by atoms with Gasteiger partial charge in [0, 0.05) is 19.7 Å². The fraction of sp³-hybridized carbons (Fsp3) is 0.286. The van der Waals surface area contributed by atoms with Gasteiger partial charge in [-0.2, -0.15) is 0 Å². The summed E-state index contributed by atoms with van der Waals surface area (Å²) in [5.74, 6) is -1.55. The number of carbonyl (C=O) groups is 3. The smallest absolute Gasteiger partial charge is 0.331 e.